The molecule has 1 rings (SSSR count). The number of rotatable bonds is 8. The van der Waals surface area contributed by atoms with Crippen molar-refractivity contribution in [2.75, 3.05) is 32.8 Å². The minimum atomic E-state index is -1.000. The summed E-state index contributed by atoms with van der Waals surface area (Å²) in [5, 5.41) is 11.0. The monoisotopic (exact) mass is 244 g/mol. The van der Waals surface area contributed by atoms with Gasteiger partial charge in [0.15, 0.2) is 0 Å². The molecule has 0 bridgehead atoms. The molecule has 6 heteroatoms. The molecule has 98 valence electrons. The predicted molar refractivity (Wildman–Crippen MR) is 61.8 cm³/mol. The zero-order chi connectivity index (χ0) is 12.7. The van der Waals surface area contributed by atoms with Gasteiger partial charge < -0.3 is 20.1 Å². The van der Waals surface area contributed by atoms with E-state index in [1.807, 2.05) is 6.92 Å². The van der Waals surface area contributed by atoms with Crippen molar-refractivity contribution >= 4 is 12.0 Å². The number of nitrogens with zero attached hydrogens (tertiary/aromatic N) is 1. The molecule has 0 radical (unpaired) electrons. The Morgan fingerprint density at radius 1 is 1.47 bits per heavy atom. The van der Waals surface area contributed by atoms with Gasteiger partial charge in [-0.2, -0.15) is 0 Å². The van der Waals surface area contributed by atoms with Gasteiger partial charge in [0.05, 0.1) is 6.61 Å². The van der Waals surface area contributed by atoms with Crippen LogP contribution in [0, 0.1) is 5.92 Å². The van der Waals surface area contributed by atoms with Crippen LogP contribution in [0.15, 0.2) is 0 Å². The molecule has 0 unspecified atom stereocenters. The highest BCUT2D eigenvalue weighted by atomic mass is 16.5. The number of nitrogens with one attached hydrogen (secondary N) is 1. The molecule has 0 spiro atoms. The lowest BCUT2D eigenvalue weighted by Crippen LogP contribution is -2.42. The van der Waals surface area contributed by atoms with Crippen molar-refractivity contribution in [3.8, 4) is 0 Å². The second-order valence-electron chi connectivity index (χ2n) is 4.16. The molecule has 1 saturated carbocycles. The number of hydrogen-bond donors (Lipinski definition) is 2. The van der Waals surface area contributed by atoms with E-state index in [0.29, 0.717) is 19.0 Å². The largest absolute Gasteiger partial charge is 0.480 e. The van der Waals surface area contributed by atoms with Gasteiger partial charge in [0.1, 0.15) is 6.61 Å². The fourth-order valence-corrected chi connectivity index (χ4v) is 1.47. The number of carbonyl (C=O) groups excluding carboxylic acids is 1. The molecule has 0 aromatic heterocycles. The SMILES string of the molecule is CCN(CC1CC1)C(=O)NCCOCC(=O)O. The van der Waals surface area contributed by atoms with E-state index in [9.17, 15) is 9.59 Å². The molecule has 2 N–H and O–H groups in total. The van der Waals surface area contributed by atoms with Gasteiger partial charge in [-0.3, -0.25) is 0 Å². The zero-order valence-corrected chi connectivity index (χ0v) is 10.1. The lowest BCUT2D eigenvalue weighted by molar-refractivity contribution is -0.142. The van der Waals surface area contributed by atoms with Crippen LogP contribution >= 0.6 is 0 Å². The van der Waals surface area contributed by atoms with E-state index in [1.54, 1.807) is 4.90 Å². The Morgan fingerprint density at radius 2 is 2.18 bits per heavy atom. The molecule has 0 atom stereocenters. The van der Waals surface area contributed by atoms with Crippen molar-refractivity contribution in [3.05, 3.63) is 0 Å². The summed E-state index contributed by atoms with van der Waals surface area (Å²) in [6.07, 6.45) is 2.43. The maximum absolute atomic E-state index is 11.7. The molecule has 1 fully saturated rings. The third kappa shape index (κ3) is 6.11. The predicted octanol–water partition coefficient (Wildman–Crippen LogP) is 0.529. The Labute approximate surface area is 101 Å². The molecule has 6 nitrogen and oxygen atoms in total. The molecule has 0 aromatic rings. The van der Waals surface area contributed by atoms with Crippen molar-refractivity contribution in [2.24, 2.45) is 5.92 Å². The number of urea groups is 1. The van der Waals surface area contributed by atoms with Crippen LogP contribution in [0.2, 0.25) is 0 Å². The van der Waals surface area contributed by atoms with Crippen LogP contribution in [-0.2, 0) is 9.53 Å². The highest BCUT2D eigenvalue weighted by Gasteiger charge is 2.25. The summed E-state index contributed by atoms with van der Waals surface area (Å²) in [7, 11) is 0. The number of carbonyl (C=O) groups is 2. The van der Waals surface area contributed by atoms with Crippen molar-refractivity contribution in [3.63, 3.8) is 0 Å². The van der Waals surface area contributed by atoms with Crippen molar-refractivity contribution in [1.82, 2.24) is 10.2 Å². The highest BCUT2D eigenvalue weighted by Crippen LogP contribution is 2.29. The molecule has 2 amide bonds. The van der Waals surface area contributed by atoms with Gasteiger partial charge in [0, 0.05) is 19.6 Å². The van der Waals surface area contributed by atoms with E-state index in [-0.39, 0.29) is 19.2 Å². The first-order valence-electron chi connectivity index (χ1n) is 5.95. The smallest absolute Gasteiger partial charge is 0.329 e. The average Bonchev–Trinajstić information content (AvgIpc) is 3.08. The Morgan fingerprint density at radius 3 is 2.71 bits per heavy atom. The molecule has 1 aliphatic carbocycles. The van der Waals surface area contributed by atoms with Gasteiger partial charge in [-0.25, -0.2) is 9.59 Å². The van der Waals surface area contributed by atoms with Gasteiger partial charge >= 0.3 is 12.0 Å². The van der Waals surface area contributed by atoms with Crippen molar-refractivity contribution in [1.29, 1.82) is 0 Å². The third-order valence-corrected chi connectivity index (χ3v) is 2.59. The fraction of sp³-hybridized carbons (Fsp3) is 0.818. The molecule has 0 heterocycles. The van der Waals surface area contributed by atoms with E-state index < -0.39 is 5.97 Å². The molecule has 0 aromatic carbocycles. The summed E-state index contributed by atoms with van der Waals surface area (Å²) in [4.78, 5) is 23.6. The fourth-order valence-electron chi connectivity index (χ4n) is 1.47. The first-order valence-corrected chi connectivity index (χ1v) is 5.95. The van der Waals surface area contributed by atoms with Crippen LogP contribution in [0.3, 0.4) is 0 Å². The second kappa shape index (κ2) is 7.11. The first-order chi connectivity index (χ1) is 8.13. The van der Waals surface area contributed by atoms with Crippen LogP contribution in [0.5, 0.6) is 0 Å². The minimum Gasteiger partial charge on any atom is -0.480 e. The van der Waals surface area contributed by atoms with Crippen LogP contribution in [0.1, 0.15) is 19.8 Å². The van der Waals surface area contributed by atoms with Crippen molar-refractivity contribution < 1.29 is 19.4 Å². The molecule has 17 heavy (non-hydrogen) atoms. The van der Waals surface area contributed by atoms with Crippen LogP contribution in [0.4, 0.5) is 4.79 Å². The maximum atomic E-state index is 11.7. The summed E-state index contributed by atoms with van der Waals surface area (Å²) in [5.74, 6) is -0.329. The standard InChI is InChI=1S/C11H20N2O4/c1-2-13(7-9-3-4-9)11(16)12-5-6-17-8-10(14)15/h9H,2-8H2,1H3,(H,12,16)(H,14,15). The molecular formula is C11H20N2O4. The van der Waals surface area contributed by atoms with E-state index in [1.165, 1.54) is 12.8 Å². The van der Waals surface area contributed by atoms with Crippen LogP contribution < -0.4 is 5.32 Å². The Balaban J connectivity index is 2.07. The zero-order valence-electron chi connectivity index (χ0n) is 10.1. The summed E-state index contributed by atoms with van der Waals surface area (Å²) < 4.78 is 4.82. The second-order valence-corrected chi connectivity index (χ2v) is 4.16. The molecule has 0 saturated heterocycles. The van der Waals surface area contributed by atoms with Gasteiger partial charge in [-0.15, -0.1) is 0 Å². The minimum absolute atomic E-state index is 0.0988. The third-order valence-electron chi connectivity index (χ3n) is 2.59. The lowest BCUT2D eigenvalue weighted by atomic mass is 10.4. The van der Waals surface area contributed by atoms with Crippen LogP contribution in [0.25, 0.3) is 0 Å². The number of amides is 2. The van der Waals surface area contributed by atoms with E-state index in [0.717, 1.165) is 6.54 Å². The van der Waals surface area contributed by atoms with E-state index >= 15 is 0 Å². The number of ether oxygens (including phenoxy) is 1. The average molecular weight is 244 g/mol. The topological polar surface area (TPSA) is 78.9 Å². The summed E-state index contributed by atoms with van der Waals surface area (Å²) >= 11 is 0. The number of hydrogen-bond acceptors (Lipinski definition) is 3. The van der Waals surface area contributed by atoms with Gasteiger partial charge in [-0.05, 0) is 25.7 Å². The molecular weight excluding hydrogens is 224 g/mol. The van der Waals surface area contributed by atoms with Gasteiger partial charge in [0.2, 0.25) is 0 Å². The molecule has 1 aliphatic rings. The van der Waals surface area contributed by atoms with Crippen molar-refractivity contribution in [2.45, 2.75) is 19.8 Å². The Kier molecular flexibility index (Phi) is 5.76. The summed E-state index contributed by atoms with van der Waals surface area (Å²) in [6, 6.07) is -0.0988. The number of carboxylic acids is 1. The van der Waals surface area contributed by atoms with Gasteiger partial charge in [0.25, 0.3) is 0 Å². The Bertz CT molecular complexity index is 266. The lowest BCUT2D eigenvalue weighted by Gasteiger charge is -2.21. The Hall–Kier alpha value is -1.30. The van der Waals surface area contributed by atoms with E-state index in [4.69, 9.17) is 9.84 Å². The van der Waals surface area contributed by atoms with Crippen LogP contribution in [-0.4, -0.2) is 54.9 Å². The summed E-state index contributed by atoms with van der Waals surface area (Å²) in [5.41, 5.74) is 0. The van der Waals surface area contributed by atoms with Gasteiger partial charge in [-0.1, -0.05) is 0 Å². The summed E-state index contributed by atoms with van der Waals surface area (Å²) in [6.45, 7) is 3.70. The molecule has 0 aliphatic heterocycles. The highest BCUT2D eigenvalue weighted by molar-refractivity contribution is 5.74. The number of aliphatic carboxylic acids is 1. The maximum Gasteiger partial charge on any atom is 0.329 e. The normalized spacial score (nSPS) is 14.4. The number of carboxylic acid groups (broad SMARTS) is 1. The van der Waals surface area contributed by atoms with E-state index in [2.05, 4.69) is 5.32 Å². The first kappa shape index (κ1) is 13.8. The quantitative estimate of drug-likeness (QED) is 0.610.